The largest absolute Gasteiger partial charge is 0.444 e. The second-order valence-electron chi connectivity index (χ2n) is 6.21. The molecule has 0 spiro atoms. The Morgan fingerprint density at radius 2 is 2.05 bits per heavy atom. The van der Waals surface area contributed by atoms with Gasteiger partial charge < -0.3 is 15.2 Å². The minimum Gasteiger partial charge on any atom is -0.444 e. The summed E-state index contributed by atoms with van der Waals surface area (Å²) < 4.78 is 6.26. The fourth-order valence-electron chi connectivity index (χ4n) is 1.64. The first kappa shape index (κ1) is 17.5. The van der Waals surface area contributed by atoms with E-state index in [4.69, 9.17) is 4.74 Å². The number of alkyl carbamates (subject to hydrolysis) is 1. The molecule has 0 saturated heterocycles. The molecule has 0 aliphatic heterocycles. The van der Waals surface area contributed by atoms with Crippen LogP contribution >= 0.6 is 27.3 Å². The molecule has 0 aromatic carbocycles. The lowest BCUT2D eigenvalue weighted by Gasteiger charge is -2.28. The zero-order valence-electron chi connectivity index (χ0n) is 12.3. The Labute approximate surface area is 132 Å². The lowest BCUT2D eigenvalue weighted by molar-refractivity contribution is 0.0479. The Morgan fingerprint density at radius 1 is 1.40 bits per heavy atom. The number of nitrogens with one attached hydrogen (secondary N) is 1. The summed E-state index contributed by atoms with van der Waals surface area (Å²) in [6, 6.07) is 4.01. The molecule has 0 bridgehead atoms. The van der Waals surface area contributed by atoms with Crippen LogP contribution in [-0.2, 0) is 11.2 Å². The molecule has 114 valence electrons. The van der Waals surface area contributed by atoms with Gasteiger partial charge in [0.1, 0.15) is 5.60 Å². The van der Waals surface area contributed by atoms with Crippen molar-refractivity contribution in [1.29, 1.82) is 0 Å². The Morgan fingerprint density at radius 3 is 2.50 bits per heavy atom. The van der Waals surface area contributed by atoms with Crippen LogP contribution in [-0.4, -0.2) is 30.0 Å². The third-order valence-electron chi connectivity index (χ3n) is 2.67. The smallest absolute Gasteiger partial charge is 0.407 e. The molecule has 1 heterocycles. The molecule has 2 N–H and O–H groups in total. The van der Waals surface area contributed by atoms with Gasteiger partial charge in [-0.15, -0.1) is 11.3 Å². The number of ether oxygens (including phenoxy) is 1. The van der Waals surface area contributed by atoms with Crippen molar-refractivity contribution < 1.29 is 14.6 Å². The molecule has 0 fully saturated rings. The lowest BCUT2D eigenvalue weighted by Crippen LogP contribution is -2.41. The summed E-state index contributed by atoms with van der Waals surface area (Å²) in [6.45, 7) is 7.77. The van der Waals surface area contributed by atoms with E-state index in [1.54, 1.807) is 11.3 Å². The number of thiophene rings is 1. The van der Waals surface area contributed by atoms with Gasteiger partial charge in [0, 0.05) is 16.8 Å². The second-order valence-corrected chi connectivity index (χ2v) is 8.75. The Bertz CT molecular complexity index is 456. The van der Waals surface area contributed by atoms with Crippen molar-refractivity contribution in [2.75, 3.05) is 13.2 Å². The van der Waals surface area contributed by atoms with Gasteiger partial charge in [0.25, 0.3) is 0 Å². The van der Waals surface area contributed by atoms with Gasteiger partial charge in [-0.05, 0) is 55.3 Å². The highest BCUT2D eigenvalue weighted by atomic mass is 79.9. The number of rotatable bonds is 5. The van der Waals surface area contributed by atoms with E-state index >= 15 is 0 Å². The van der Waals surface area contributed by atoms with Gasteiger partial charge in [0.2, 0.25) is 0 Å². The third-order valence-corrected chi connectivity index (χ3v) is 4.29. The Balaban J connectivity index is 2.55. The molecule has 0 saturated carbocycles. The molecule has 1 aromatic heterocycles. The van der Waals surface area contributed by atoms with E-state index in [2.05, 4.69) is 21.2 Å². The minimum absolute atomic E-state index is 0.00167. The van der Waals surface area contributed by atoms with Gasteiger partial charge in [0.15, 0.2) is 0 Å². The Kier molecular flexibility index (Phi) is 6.04. The zero-order valence-corrected chi connectivity index (χ0v) is 14.7. The molecular weight excluding hydrogens is 342 g/mol. The molecule has 1 unspecified atom stereocenters. The van der Waals surface area contributed by atoms with Gasteiger partial charge in [-0.25, -0.2) is 4.79 Å². The number of halogens is 1. The maximum absolute atomic E-state index is 11.7. The number of carbonyl (C=O) groups excluding carboxylic acids is 1. The van der Waals surface area contributed by atoms with Crippen molar-refractivity contribution in [2.45, 2.75) is 39.7 Å². The van der Waals surface area contributed by atoms with E-state index in [1.165, 1.54) is 4.88 Å². The number of aliphatic hydroxyl groups excluding tert-OH is 1. The van der Waals surface area contributed by atoms with Crippen LogP contribution in [0.5, 0.6) is 0 Å². The quantitative estimate of drug-likeness (QED) is 0.840. The average molecular weight is 364 g/mol. The van der Waals surface area contributed by atoms with Crippen LogP contribution in [0.1, 0.15) is 32.6 Å². The highest BCUT2D eigenvalue weighted by Crippen LogP contribution is 2.29. The molecule has 0 aliphatic carbocycles. The summed E-state index contributed by atoms with van der Waals surface area (Å²) in [5.41, 5.74) is -0.917. The van der Waals surface area contributed by atoms with Crippen molar-refractivity contribution >= 4 is 33.4 Å². The monoisotopic (exact) mass is 363 g/mol. The fraction of sp³-hybridized carbons (Fsp3) is 0.643. The van der Waals surface area contributed by atoms with Gasteiger partial charge in [-0.2, -0.15) is 0 Å². The molecule has 6 heteroatoms. The predicted molar refractivity (Wildman–Crippen MR) is 85.2 cm³/mol. The number of hydrogen-bond acceptors (Lipinski definition) is 4. The lowest BCUT2D eigenvalue weighted by atomic mass is 9.87. The van der Waals surface area contributed by atoms with Crippen LogP contribution in [0.3, 0.4) is 0 Å². The first-order chi connectivity index (χ1) is 9.13. The van der Waals surface area contributed by atoms with E-state index in [-0.39, 0.29) is 6.61 Å². The number of carbonyl (C=O) groups is 1. The Hall–Kier alpha value is -0.590. The van der Waals surface area contributed by atoms with Crippen LogP contribution in [0.25, 0.3) is 0 Å². The summed E-state index contributed by atoms with van der Waals surface area (Å²) in [5.74, 6) is 0. The van der Waals surface area contributed by atoms with Gasteiger partial charge in [-0.1, -0.05) is 6.92 Å². The number of amides is 1. The first-order valence-electron chi connectivity index (χ1n) is 6.45. The van der Waals surface area contributed by atoms with E-state index in [9.17, 15) is 9.90 Å². The number of aliphatic hydroxyl groups is 1. The predicted octanol–water partition coefficient (Wildman–Crippen LogP) is 3.58. The topological polar surface area (TPSA) is 58.6 Å². The summed E-state index contributed by atoms with van der Waals surface area (Å²) in [7, 11) is 0. The fourth-order valence-corrected chi connectivity index (χ4v) is 3.34. The summed E-state index contributed by atoms with van der Waals surface area (Å²) in [4.78, 5) is 12.8. The van der Waals surface area contributed by atoms with Crippen LogP contribution in [0.4, 0.5) is 4.79 Å². The highest BCUT2D eigenvalue weighted by Gasteiger charge is 2.26. The van der Waals surface area contributed by atoms with Crippen LogP contribution in [0, 0.1) is 5.41 Å². The molecule has 1 aromatic rings. The average Bonchev–Trinajstić information content (AvgIpc) is 2.70. The van der Waals surface area contributed by atoms with Crippen molar-refractivity contribution in [1.82, 2.24) is 5.32 Å². The van der Waals surface area contributed by atoms with Crippen molar-refractivity contribution in [2.24, 2.45) is 5.41 Å². The van der Waals surface area contributed by atoms with Crippen molar-refractivity contribution in [3.05, 3.63) is 20.8 Å². The molecule has 1 amide bonds. The normalized spacial score (nSPS) is 14.7. The molecule has 0 aliphatic rings. The standard InChI is InChI=1S/C14H22BrNO3S/c1-13(2,3)19-12(18)16-8-14(4,9-17)7-10-5-6-11(15)20-10/h5-6,17H,7-9H2,1-4H3,(H,16,18). The van der Waals surface area contributed by atoms with E-state index < -0.39 is 17.1 Å². The van der Waals surface area contributed by atoms with E-state index in [0.29, 0.717) is 13.0 Å². The maximum atomic E-state index is 11.7. The third kappa shape index (κ3) is 6.24. The van der Waals surface area contributed by atoms with Gasteiger partial charge in [-0.3, -0.25) is 0 Å². The summed E-state index contributed by atoms with van der Waals surface area (Å²) in [5, 5.41) is 12.3. The van der Waals surface area contributed by atoms with Crippen molar-refractivity contribution in [3.63, 3.8) is 0 Å². The first-order valence-corrected chi connectivity index (χ1v) is 8.06. The van der Waals surface area contributed by atoms with E-state index in [1.807, 2.05) is 39.8 Å². The van der Waals surface area contributed by atoms with Crippen molar-refractivity contribution in [3.8, 4) is 0 Å². The highest BCUT2D eigenvalue weighted by molar-refractivity contribution is 9.11. The molecule has 4 nitrogen and oxygen atoms in total. The summed E-state index contributed by atoms with van der Waals surface area (Å²) >= 11 is 5.06. The molecule has 1 rings (SSSR count). The summed E-state index contributed by atoms with van der Waals surface area (Å²) in [6.07, 6.45) is 0.250. The molecule has 0 radical (unpaired) electrons. The van der Waals surface area contributed by atoms with Gasteiger partial charge >= 0.3 is 6.09 Å². The van der Waals surface area contributed by atoms with Crippen LogP contribution < -0.4 is 5.32 Å². The van der Waals surface area contributed by atoms with Crippen LogP contribution in [0.2, 0.25) is 0 Å². The molecule has 20 heavy (non-hydrogen) atoms. The number of hydrogen-bond donors (Lipinski definition) is 2. The zero-order chi connectivity index (χ0) is 15.4. The minimum atomic E-state index is -0.516. The van der Waals surface area contributed by atoms with Gasteiger partial charge in [0.05, 0.1) is 10.4 Å². The molecular formula is C14H22BrNO3S. The molecule has 1 atom stereocenters. The second kappa shape index (κ2) is 6.91. The SMILES string of the molecule is CC(CO)(CNC(=O)OC(C)(C)C)Cc1ccc(Br)s1. The maximum Gasteiger partial charge on any atom is 0.407 e. The van der Waals surface area contributed by atoms with Crippen LogP contribution in [0.15, 0.2) is 15.9 Å². The van der Waals surface area contributed by atoms with E-state index in [0.717, 1.165) is 3.79 Å².